The molecule has 1 rings (SSSR count). The summed E-state index contributed by atoms with van der Waals surface area (Å²) in [7, 11) is 0. The fourth-order valence-electron chi connectivity index (χ4n) is 3.11. The number of nitrogens with zero attached hydrogens (tertiary/aromatic N) is 2. The van der Waals surface area contributed by atoms with Gasteiger partial charge in [0.1, 0.15) is 18.1 Å². The Morgan fingerprint density at radius 2 is 1.53 bits per heavy atom. The van der Waals surface area contributed by atoms with Crippen LogP contribution < -0.4 is 38.9 Å². The molecule has 14 N–H and O–H groups in total. The molecule has 1 aromatic rings. The number of carboxylic acid groups (broad SMARTS) is 2. The maximum atomic E-state index is 13.0. The maximum absolute atomic E-state index is 13.0. The Labute approximate surface area is 216 Å². The Balaban J connectivity index is 3.02. The van der Waals surface area contributed by atoms with E-state index in [0.29, 0.717) is 5.69 Å². The number of carbonyl (C=O) groups is 6. The average Bonchev–Trinajstić information content (AvgIpc) is 3.32. The van der Waals surface area contributed by atoms with Crippen LogP contribution in [0.25, 0.3) is 0 Å². The van der Waals surface area contributed by atoms with Crippen LogP contribution in [0, 0.1) is 0 Å². The van der Waals surface area contributed by atoms with E-state index < -0.39 is 72.6 Å². The predicted octanol–water partition coefficient (Wildman–Crippen LogP) is -4.78. The van der Waals surface area contributed by atoms with Gasteiger partial charge in [0.05, 0.1) is 25.2 Å². The van der Waals surface area contributed by atoms with Crippen molar-refractivity contribution in [2.24, 2.45) is 27.9 Å². The van der Waals surface area contributed by atoms with Gasteiger partial charge < -0.3 is 54.1 Å². The number of imidazole rings is 1. The fraction of sp³-hybridized carbons (Fsp3) is 0.500. The SMILES string of the molecule is NC(=O)CC(NC(=O)C(CC(=O)O)NC(=O)C(CCCN=C(N)N)NC(=O)C(N)Cc1cnc[nH]1)C(=O)O. The lowest BCUT2D eigenvalue weighted by Gasteiger charge is -2.24. The number of guanidine groups is 1. The maximum Gasteiger partial charge on any atom is 0.326 e. The van der Waals surface area contributed by atoms with Crippen molar-refractivity contribution in [3.63, 3.8) is 0 Å². The molecule has 1 heterocycles. The van der Waals surface area contributed by atoms with E-state index in [9.17, 15) is 39.0 Å². The van der Waals surface area contributed by atoms with E-state index in [1.54, 1.807) is 0 Å². The number of aromatic amines is 1. The van der Waals surface area contributed by atoms with E-state index in [-0.39, 0.29) is 31.8 Å². The third-order valence-corrected chi connectivity index (χ3v) is 4.94. The second kappa shape index (κ2) is 15.4. The van der Waals surface area contributed by atoms with Crippen LogP contribution in [0.1, 0.15) is 31.4 Å². The fourth-order valence-corrected chi connectivity index (χ4v) is 3.11. The minimum absolute atomic E-state index is 0.0357. The number of nitrogens with two attached hydrogens (primary N) is 4. The molecule has 0 aliphatic rings. The first-order valence-corrected chi connectivity index (χ1v) is 11.2. The zero-order chi connectivity index (χ0) is 28.8. The molecule has 18 nitrogen and oxygen atoms in total. The van der Waals surface area contributed by atoms with Gasteiger partial charge in [-0.2, -0.15) is 0 Å². The number of rotatable bonds is 17. The van der Waals surface area contributed by atoms with Gasteiger partial charge in [0.15, 0.2) is 5.96 Å². The molecular formula is C20H32N10O8. The molecule has 4 amide bonds. The quantitative estimate of drug-likeness (QED) is 0.0505. The molecular weight excluding hydrogens is 508 g/mol. The molecule has 38 heavy (non-hydrogen) atoms. The number of carboxylic acids is 2. The van der Waals surface area contributed by atoms with Crippen LogP contribution in [0.3, 0.4) is 0 Å². The summed E-state index contributed by atoms with van der Waals surface area (Å²) >= 11 is 0. The molecule has 0 fully saturated rings. The number of nitrogens with one attached hydrogen (secondary N) is 4. The van der Waals surface area contributed by atoms with Crippen molar-refractivity contribution in [3.8, 4) is 0 Å². The van der Waals surface area contributed by atoms with Crippen LogP contribution in [-0.4, -0.2) is 92.4 Å². The second-order valence-corrected chi connectivity index (χ2v) is 8.13. The van der Waals surface area contributed by atoms with Crippen LogP contribution in [0.15, 0.2) is 17.5 Å². The van der Waals surface area contributed by atoms with Crippen LogP contribution >= 0.6 is 0 Å². The number of carbonyl (C=O) groups excluding carboxylic acids is 4. The molecule has 0 aliphatic carbocycles. The van der Waals surface area contributed by atoms with Crippen molar-refractivity contribution >= 4 is 41.5 Å². The van der Waals surface area contributed by atoms with Gasteiger partial charge in [-0.05, 0) is 12.8 Å². The molecule has 1 aromatic heterocycles. The number of hydrogen-bond acceptors (Lipinski definition) is 9. The molecule has 0 spiro atoms. The molecule has 210 valence electrons. The van der Waals surface area contributed by atoms with Gasteiger partial charge >= 0.3 is 11.9 Å². The number of hydrogen-bond donors (Lipinski definition) is 10. The Kier molecular flexibility index (Phi) is 12.7. The molecule has 4 unspecified atom stereocenters. The standard InChI is InChI=1S/C20H32N10O8/c21-10(4-9-7-25-8-27-9)16(34)28-11(2-1-3-26-20(23)24)17(35)29-12(6-15(32)33)18(36)30-13(19(37)38)5-14(22)31/h7-8,10-13H,1-6,21H2,(H2,22,31)(H,25,27)(H,28,34)(H,29,35)(H,30,36)(H,32,33)(H,37,38)(H4,23,24,26). The normalized spacial score (nSPS) is 13.7. The van der Waals surface area contributed by atoms with Crippen LogP contribution in [0.5, 0.6) is 0 Å². The highest BCUT2D eigenvalue weighted by Gasteiger charge is 2.32. The summed E-state index contributed by atoms with van der Waals surface area (Å²) in [6, 6.07) is -5.91. The lowest BCUT2D eigenvalue weighted by atomic mass is 10.1. The third-order valence-electron chi connectivity index (χ3n) is 4.94. The van der Waals surface area contributed by atoms with Crippen molar-refractivity contribution in [1.82, 2.24) is 25.9 Å². The summed E-state index contributed by atoms with van der Waals surface area (Å²) in [6.45, 7) is 0.0919. The monoisotopic (exact) mass is 540 g/mol. The Hall–Kier alpha value is -4.74. The van der Waals surface area contributed by atoms with Crippen molar-refractivity contribution in [1.29, 1.82) is 0 Å². The molecule has 0 saturated heterocycles. The lowest BCUT2D eigenvalue weighted by Crippen LogP contribution is -2.57. The van der Waals surface area contributed by atoms with Gasteiger partial charge in [0, 0.05) is 24.9 Å². The van der Waals surface area contributed by atoms with Gasteiger partial charge in [-0.25, -0.2) is 9.78 Å². The minimum Gasteiger partial charge on any atom is -0.481 e. The molecule has 0 aliphatic heterocycles. The number of aliphatic imine (C=N–C) groups is 1. The Morgan fingerprint density at radius 1 is 0.921 bits per heavy atom. The van der Waals surface area contributed by atoms with Gasteiger partial charge in [0.25, 0.3) is 0 Å². The van der Waals surface area contributed by atoms with E-state index >= 15 is 0 Å². The number of H-pyrrole nitrogens is 1. The van der Waals surface area contributed by atoms with Crippen LogP contribution in [-0.2, 0) is 35.2 Å². The van der Waals surface area contributed by atoms with E-state index in [1.165, 1.54) is 12.5 Å². The number of primary amides is 1. The highest BCUT2D eigenvalue weighted by Crippen LogP contribution is 2.05. The first kappa shape index (κ1) is 31.3. The molecule has 0 radical (unpaired) electrons. The van der Waals surface area contributed by atoms with Gasteiger partial charge in [-0.1, -0.05) is 0 Å². The number of aliphatic carboxylic acids is 2. The molecule has 0 saturated carbocycles. The third kappa shape index (κ3) is 11.8. The Morgan fingerprint density at radius 3 is 2.05 bits per heavy atom. The number of aromatic nitrogens is 2. The van der Waals surface area contributed by atoms with Crippen molar-refractivity contribution in [2.75, 3.05) is 6.54 Å². The topological polar surface area (TPSA) is 324 Å². The molecule has 18 heteroatoms. The summed E-state index contributed by atoms with van der Waals surface area (Å²) in [5.74, 6) is -7.22. The lowest BCUT2D eigenvalue weighted by molar-refractivity contribution is -0.144. The summed E-state index contributed by atoms with van der Waals surface area (Å²) in [5.41, 5.74) is 22.0. The summed E-state index contributed by atoms with van der Waals surface area (Å²) in [6.07, 6.45) is 1.37. The van der Waals surface area contributed by atoms with Crippen LogP contribution in [0.2, 0.25) is 0 Å². The average molecular weight is 541 g/mol. The van der Waals surface area contributed by atoms with Crippen LogP contribution in [0.4, 0.5) is 0 Å². The summed E-state index contributed by atoms with van der Waals surface area (Å²) in [4.78, 5) is 82.4. The first-order chi connectivity index (χ1) is 17.8. The smallest absolute Gasteiger partial charge is 0.326 e. The first-order valence-electron chi connectivity index (χ1n) is 11.2. The van der Waals surface area contributed by atoms with E-state index in [2.05, 4.69) is 25.6 Å². The molecule has 4 atom stereocenters. The second-order valence-electron chi connectivity index (χ2n) is 8.13. The highest BCUT2D eigenvalue weighted by atomic mass is 16.4. The zero-order valence-corrected chi connectivity index (χ0v) is 20.3. The minimum atomic E-state index is -1.76. The van der Waals surface area contributed by atoms with Crippen molar-refractivity contribution in [2.45, 2.75) is 56.3 Å². The summed E-state index contributed by atoms with van der Waals surface area (Å²) < 4.78 is 0. The van der Waals surface area contributed by atoms with E-state index in [0.717, 1.165) is 0 Å². The Bertz CT molecular complexity index is 1030. The van der Waals surface area contributed by atoms with Crippen molar-refractivity contribution < 1.29 is 39.0 Å². The largest absolute Gasteiger partial charge is 0.481 e. The molecule has 0 aromatic carbocycles. The van der Waals surface area contributed by atoms with Crippen molar-refractivity contribution in [3.05, 3.63) is 18.2 Å². The van der Waals surface area contributed by atoms with E-state index in [4.69, 9.17) is 22.9 Å². The van der Waals surface area contributed by atoms with Gasteiger partial charge in [-0.3, -0.25) is 29.0 Å². The summed E-state index contributed by atoms with van der Waals surface area (Å²) in [5, 5.41) is 25.0. The van der Waals surface area contributed by atoms with Gasteiger partial charge in [0.2, 0.25) is 23.6 Å². The van der Waals surface area contributed by atoms with E-state index in [1.807, 2.05) is 5.32 Å². The number of amides is 4. The highest BCUT2D eigenvalue weighted by molar-refractivity contribution is 5.96. The van der Waals surface area contributed by atoms with Gasteiger partial charge in [-0.15, -0.1) is 0 Å². The zero-order valence-electron chi connectivity index (χ0n) is 20.3. The predicted molar refractivity (Wildman–Crippen MR) is 130 cm³/mol. The molecule has 0 bridgehead atoms.